The van der Waals surface area contributed by atoms with Crippen molar-refractivity contribution in [1.82, 2.24) is 9.71 Å². The van der Waals surface area contributed by atoms with E-state index in [1.807, 2.05) is 27.7 Å². The smallest absolute Gasteiger partial charge is 0.231 e. The molecule has 1 aromatic heterocycles. The number of pyridine rings is 1. The average Bonchev–Trinajstić information content (AvgIpc) is 2.19. The first-order valence-corrected chi connectivity index (χ1v) is 7.09. The highest BCUT2D eigenvalue weighted by Gasteiger charge is 2.21. The number of nitrogens with one attached hydrogen (secondary N) is 1. The molecule has 0 bridgehead atoms. The third-order valence-electron chi connectivity index (χ3n) is 1.97. The number of nitrogens with zero attached hydrogens (tertiary/aromatic N) is 1. The van der Waals surface area contributed by atoms with Gasteiger partial charge in [0.15, 0.2) is 0 Å². The first kappa shape index (κ1) is 14.6. The van der Waals surface area contributed by atoms with Crippen molar-refractivity contribution in [3.63, 3.8) is 0 Å². The van der Waals surface area contributed by atoms with Gasteiger partial charge in [0.25, 0.3) is 0 Å². The summed E-state index contributed by atoms with van der Waals surface area (Å²) in [6, 6.07) is 0. The Hall–Kier alpha value is -0.460. The Bertz CT molecular complexity index is 444. The highest BCUT2D eigenvalue weighted by molar-refractivity contribution is 9.10. The molecule has 0 amide bonds. The molecule has 0 saturated carbocycles. The van der Waals surface area contributed by atoms with Gasteiger partial charge in [0, 0.05) is 16.2 Å². The Balaban J connectivity index is 3.20. The van der Waals surface area contributed by atoms with E-state index in [0.717, 1.165) is 10.0 Å². The summed E-state index contributed by atoms with van der Waals surface area (Å²) in [4.78, 5) is 4.69. The van der Waals surface area contributed by atoms with Gasteiger partial charge in [-0.05, 0) is 49.2 Å². The highest BCUT2D eigenvalue weighted by Crippen LogP contribution is 2.28. The van der Waals surface area contributed by atoms with Gasteiger partial charge in [-0.15, -0.1) is 0 Å². The topological polar surface area (TPSA) is 51.2 Å². The molecular weight excluding hydrogens is 304 g/mol. The number of ether oxygens (including phenoxy) is 1. The predicted molar refractivity (Wildman–Crippen MR) is 72.5 cm³/mol. The summed E-state index contributed by atoms with van der Waals surface area (Å²) in [7, 11) is 0.168. The first-order valence-electron chi connectivity index (χ1n) is 5.15. The van der Waals surface area contributed by atoms with E-state index >= 15 is 0 Å². The van der Waals surface area contributed by atoms with Gasteiger partial charge in [0.05, 0.1) is 7.11 Å². The van der Waals surface area contributed by atoms with Gasteiger partial charge in [0.2, 0.25) is 5.88 Å². The standard InChI is InChI=1S/C11H17BrN2O2S/c1-7-8(12)6-13-10(16-5)9(7)17(15)14-11(2,3)4/h6,14H,1-5H3. The van der Waals surface area contributed by atoms with Gasteiger partial charge in [0.1, 0.15) is 15.9 Å². The number of hydrogen-bond acceptors (Lipinski definition) is 3. The number of hydrogen-bond donors (Lipinski definition) is 1. The lowest BCUT2D eigenvalue weighted by molar-refractivity contribution is 0.384. The third kappa shape index (κ3) is 3.76. The van der Waals surface area contributed by atoms with E-state index in [1.165, 1.54) is 7.11 Å². The van der Waals surface area contributed by atoms with E-state index in [9.17, 15) is 4.21 Å². The SMILES string of the molecule is COc1ncc(Br)c(C)c1S(=O)NC(C)(C)C. The molecule has 1 rings (SSSR count). The van der Waals surface area contributed by atoms with Gasteiger partial charge in [-0.3, -0.25) is 0 Å². The van der Waals surface area contributed by atoms with Gasteiger partial charge in [-0.25, -0.2) is 13.9 Å². The fraction of sp³-hybridized carbons (Fsp3) is 0.545. The molecule has 0 fully saturated rings. The zero-order chi connectivity index (χ0) is 13.2. The zero-order valence-corrected chi connectivity index (χ0v) is 13.0. The molecule has 1 atom stereocenters. The molecule has 0 aromatic carbocycles. The van der Waals surface area contributed by atoms with E-state index in [0.29, 0.717) is 10.8 Å². The van der Waals surface area contributed by atoms with Crippen molar-refractivity contribution in [2.75, 3.05) is 7.11 Å². The lowest BCUT2D eigenvalue weighted by Gasteiger charge is -2.21. The Morgan fingerprint density at radius 1 is 1.47 bits per heavy atom. The molecule has 0 aliphatic carbocycles. The fourth-order valence-electron chi connectivity index (χ4n) is 1.23. The minimum absolute atomic E-state index is 0.245. The minimum Gasteiger partial charge on any atom is -0.480 e. The van der Waals surface area contributed by atoms with Crippen LogP contribution in [0.4, 0.5) is 0 Å². The van der Waals surface area contributed by atoms with Crippen LogP contribution in [0.3, 0.4) is 0 Å². The Kier molecular flexibility index (Phi) is 4.69. The second-order valence-electron chi connectivity index (χ2n) is 4.69. The Morgan fingerprint density at radius 3 is 2.53 bits per heavy atom. The van der Waals surface area contributed by atoms with Crippen LogP contribution in [0.5, 0.6) is 5.88 Å². The molecule has 0 saturated heterocycles. The van der Waals surface area contributed by atoms with Gasteiger partial charge in [-0.1, -0.05) is 0 Å². The lowest BCUT2D eigenvalue weighted by Crippen LogP contribution is -2.37. The first-order chi connectivity index (χ1) is 7.76. The maximum atomic E-state index is 12.3. The Labute approximate surface area is 113 Å². The van der Waals surface area contributed by atoms with Crippen molar-refractivity contribution in [2.45, 2.75) is 38.1 Å². The van der Waals surface area contributed by atoms with E-state index in [1.54, 1.807) is 6.20 Å². The predicted octanol–water partition coefficient (Wildman–Crippen LogP) is 2.57. The van der Waals surface area contributed by atoms with Crippen molar-refractivity contribution in [2.24, 2.45) is 0 Å². The summed E-state index contributed by atoms with van der Waals surface area (Å²) in [5, 5.41) is 0. The molecule has 0 aliphatic rings. The van der Waals surface area contributed by atoms with E-state index in [4.69, 9.17) is 4.74 Å². The number of methoxy groups -OCH3 is 1. The molecule has 0 aliphatic heterocycles. The zero-order valence-electron chi connectivity index (χ0n) is 10.6. The third-order valence-corrected chi connectivity index (χ3v) is 4.41. The summed E-state index contributed by atoms with van der Waals surface area (Å²) >= 11 is 3.38. The van der Waals surface area contributed by atoms with Crippen LogP contribution in [0.25, 0.3) is 0 Å². The molecule has 1 heterocycles. The Morgan fingerprint density at radius 2 is 2.06 bits per heavy atom. The molecule has 17 heavy (non-hydrogen) atoms. The van der Waals surface area contributed by atoms with Crippen LogP contribution in [0.1, 0.15) is 26.3 Å². The number of rotatable bonds is 3. The second-order valence-corrected chi connectivity index (χ2v) is 6.69. The van der Waals surface area contributed by atoms with Crippen molar-refractivity contribution in [3.8, 4) is 5.88 Å². The van der Waals surface area contributed by atoms with Crippen LogP contribution >= 0.6 is 15.9 Å². The molecule has 1 N–H and O–H groups in total. The van der Waals surface area contributed by atoms with Crippen LogP contribution in [0.2, 0.25) is 0 Å². The van der Waals surface area contributed by atoms with Crippen LogP contribution in [0, 0.1) is 6.92 Å². The van der Waals surface area contributed by atoms with E-state index < -0.39 is 11.0 Å². The average molecular weight is 321 g/mol. The van der Waals surface area contributed by atoms with Crippen LogP contribution in [-0.2, 0) is 11.0 Å². The van der Waals surface area contributed by atoms with Crippen molar-refractivity contribution >= 4 is 26.9 Å². The molecule has 0 radical (unpaired) electrons. The molecule has 6 heteroatoms. The highest BCUT2D eigenvalue weighted by atomic mass is 79.9. The van der Waals surface area contributed by atoms with Crippen LogP contribution in [-0.4, -0.2) is 21.8 Å². The van der Waals surface area contributed by atoms with Crippen molar-refractivity contribution in [3.05, 3.63) is 16.2 Å². The van der Waals surface area contributed by atoms with Crippen molar-refractivity contribution in [1.29, 1.82) is 0 Å². The van der Waals surface area contributed by atoms with E-state index in [2.05, 4.69) is 25.6 Å². The fourth-order valence-corrected chi connectivity index (χ4v) is 3.01. The quantitative estimate of drug-likeness (QED) is 0.931. The lowest BCUT2D eigenvalue weighted by atomic mass is 10.1. The van der Waals surface area contributed by atoms with E-state index in [-0.39, 0.29) is 5.54 Å². The van der Waals surface area contributed by atoms with Gasteiger partial charge in [-0.2, -0.15) is 0 Å². The van der Waals surface area contributed by atoms with Crippen LogP contribution < -0.4 is 9.46 Å². The van der Waals surface area contributed by atoms with Crippen molar-refractivity contribution < 1.29 is 8.95 Å². The summed E-state index contributed by atoms with van der Waals surface area (Å²) in [5.41, 5.74) is 0.622. The molecule has 0 spiro atoms. The van der Waals surface area contributed by atoms with Gasteiger partial charge < -0.3 is 4.74 Å². The monoisotopic (exact) mass is 320 g/mol. The molecule has 96 valence electrons. The second kappa shape index (κ2) is 5.46. The van der Waals surface area contributed by atoms with Gasteiger partial charge >= 0.3 is 0 Å². The maximum Gasteiger partial charge on any atom is 0.231 e. The van der Waals surface area contributed by atoms with Crippen LogP contribution in [0.15, 0.2) is 15.6 Å². The number of aromatic nitrogens is 1. The molecule has 1 unspecified atom stereocenters. The maximum absolute atomic E-state index is 12.3. The summed E-state index contributed by atoms with van der Waals surface area (Å²) in [6.07, 6.45) is 1.64. The molecule has 4 nitrogen and oxygen atoms in total. The summed E-state index contributed by atoms with van der Waals surface area (Å²) in [6.45, 7) is 7.75. The molecular formula is C11H17BrN2O2S. The normalized spacial score (nSPS) is 13.5. The minimum atomic E-state index is -1.35. The summed E-state index contributed by atoms with van der Waals surface area (Å²) < 4.78 is 21.3. The number of halogens is 1. The summed E-state index contributed by atoms with van der Waals surface area (Å²) in [5.74, 6) is 0.390. The molecule has 1 aromatic rings. The largest absolute Gasteiger partial charge is 0.480 e.